The number of aliphatic imine (C=N–C) groups is 1. The number of allylic oxidation sites excluding steroid dienone is 1. The molecule has 2 rings (SSSR count). The molecule has 0 aliphatic rings. The number of aromatic hydroxyl groups is 1. The average Bonchev–Trinajstić information content (AvgIpc) is 2.59. The van der Waals surface area contributed by atoms with Crippen molar-refractivity contribution in [2.45, 2.75) is 27.2 Å². The topological polar surface area (TPSA) is 85.0 Å². The number of nitrogens with zero attached hydrogens (tertiary/aromatic N) is 2. The van der Waals surface area contributed by atoms with Gasteiger partial charge < -0.3 is 9.84 Å². The number of hydrogen-bond donors (Lipinski definition) is 1. The molecule has 0 aliphatic heterocycles. The molecule has 0 atom stereocenters. The van der Waals surface area contributed by atoms with E-state index in [2.05, 4.69) is 11.6 Å². The van der Waals surface area contributed by atoms with E-state index in [1.54, 1.807) is 37.4 Å². The minimum atomic E-state index is -0.405. The SMILES string of the molecule is C=CCc1cc(C=Nc2cc(C)c(C)c([N+](=O)[O-])c2)cc(OCC)c1O. The van der Waals surface area contributed by atoms with Crippen molar-refractivity contribution in [2.24, 2.45) is 4.99 Å². The number of aryl methyl sites for hydroxylation is 1. The lowest BCUT2D eigenvalue weighted by Gasteiger charge is -2.11. The van der Waals surface area contributed by atoms with Gasteiger partial charge in [0.15, 0.2) is 11.5 Å². The van der Waals surface area contributed by atoms with Crippen molar-refractivity contribution in [2.75, 3.05) is 6.61 Å². The van der Waals surface area contributed by atoms with Gasteiger partial charge in [-0.3, -0.25) is 15.1 Å². The first-order valence-corrected chi connectivity index (χ1v) is 8.26. The normalized spacial score (nSPS) is 10.9. The molecule has 0 radical (unpaired) electrons. The van der Waals surface area contributed by atoms with E-state index < -0.39 is 4.92 Å². The van der Waals surface area contributed by atoms with Gasteiger partial charge in [-0.1, -0.05) is 6.08 Å². The Morgan fingerprint density at radius 1 is 1.31 bits per heavy atom. The highest BCUT2D eigenvalue weighted by Crippen LogP contribution is 2.32. The van der Waals surface area contributed by atoms with Crippen LogP contribution in [0.15, 0.2) is 41.9 Å². The van der Waals surface area contributed by atoms with Gasteiger partial charge >= 0.3 is 0 Å². The van der Waals surface area contributed by atoms with Gasteiger partial charge in [-0.05, 0) is 56.5 Å². The average molecular weight is 354 g/mol. The minimum Gasteiger partial charge on any atom is -0.504 e. The van der Waals surface area contributed by atoms with E-state index in [4.69, 9.17) is 4.74 Å². The number of rotatable bonds is 7. The molecule has 0 unspecified atom stereocenters. The highest BCUT2D eigenvalue weighted by atomic mass is 16.6. The quantitative estimate of drug-likeness (QED) is 0.335. The van der Waals surface area contributed by atoms with E-state index >= 15 is 0 Å². The second-order valence-corrected chi connectivity index (χ2v) is 5.87. The first-order chi connectivity index (χ1) is 12.4. The number of nitro groups is 1. The van der Waals surface area contributed by atoms with Crippen LogP contribution in [0.25, 0.3) is 0 Å². The van der Waals surface area contributed by atoms with Crippen LogP contribution in [0, 0.1) is 24.0 Å². The Bertz CT molecular complexity index is 873. The summed E-state index contributed by atoms with van der Waals surface area (Å²) in [4.78, 5) is 15.1. The summed E-state index contributed by atoms with van der Waals surface area (Å²) in [5, 5.41) is 21.4. The zero-order valence-electron chi connectivity index (χ0n) is 15.2. The fourth-order valence-corrected chi connectivity index (χ4v) is 2.58. The molecule has 0 saturated carbocycles. The number of phenols is 1. The number of nitro benzene ring substituents is 1. The third-order valence-electron chi connectivity index (χ3n) is 4.02. The van der Waals surface area contributed by atoms with Crippen molar-refractivity contribution in [3.63, 3.8) is 0 Å². The summed E-state index contributed by atoms with van der Waals surface area (Å²) < 4.78 is 5.47. The smallest absolute Gasteiger partial charge is 0.274 e. The lowest BCUT2D eigenvalue weighted by atomic mass is 10.1. The van der Waals surface area contributed by atoms with Crippen LogP contribution in [-0.2, 0) is 6.42 Å². The number of benzene rings is 2. The van der Waals surface area contributed by atoms with Gasteiger partial charge in [-0.2, -0.15) is 0 Å². The van der Waals surface area contributed by atoms with Crippen molar-refractivity contribution in [3.8, 4) is 11.5 Å². The molecule has 1 N–H and O–H groups in total. The standard InChI is InChI=1S/C20H22N2O4/c1-5-7-16-9-15(10-19(20(16)23)26-6-2)12-21-17-8-13(3)14(4)18(11-17)22(24)25/h5,8-12,23H,1,6-7H2,2-4H3. The summed E-state index contributed by atoms with van der Waals surface area (Å²) in [6.45, 7) is 9.48. The summed E-state index contributed by atoms with van der Waals surface area (Å²) >= 11 is 0. The van der Waals surface area contributed by atoms with E-state index in [0.717, 1.165) is 11.1 Å². The summed E-state index contributed by atoms with van der Waals surface area (Å²) in [6.07, 6.45) is 3.78. The molecule has 0 amide bonds. The van der Waals surface area contributed by atoms with E-state index in [-0.39, 0.29) is 11.4 Å². The molecule has 0 bridgehead atoms. The molecule has 26 heavy (non-hydrogen) atoms. The first kappa shape index (κ1) is 19.2. The maximum absolute atomic E-state index is 11.2. The van der Waals surface area contributed by atoms with Gasteiger partial charge in [-0.15, -0.1) is 6.58 Å². The van der Waals surface area contributed by atoms with Gasteiger partial charge in [0, 0.05) is 23.4 Å². The second kappa shape index (κ2) is 8.29. The Hall–Kier alpha value is -3.15. The first-order valence-electron chi connectivity index (χ1n) is 8.26. The molecular weight excluding hydrogens is 332 g/mol. The molecule has 0 heterocycles. The highest BCUT2D eigenvalue weighted by Gasteiger charge is 2.14. The molecule has 0 aliphatic carbocycles. The Labute approximate surface area is 152 Å². The molecule has 0 spiro atoms. The zero-order valence-corrected chi connectivity index (χ0v) is 15.2. The summed E-state index contributed by atoms with van der Waals surface area (Å²) in [5.41, 5.74) is 3.38. The Morgan fingerprint density at radius 3 is 2.65 bits per heavy atom. The predicted molar refractivity (Wildman–Crippen MR) is 103 cm³/mol. The molecule has 6 heteroatoms. The monoisotopic (exact) mass is 354 g/mol. The molecule has 0 aromatic heterocycles. The number of ether oxygens (including phenoxy) is 1. The maximum Gasteiger partial charge on any atom is 0.274 e. The Balaban J connectivity index is 2.44. The van der Waals surface area contributed by atoms with Crippen LogP contribution in [0.4, 0.5) is 11.4 Å². The number of phenolic OH excluding ortho intramolecular Hbond substituents is 1. The minimum absolute atomic E-state index is 0.0465. The summed E-state index contributed by atoms with van der Waals surface area (Å²) in [5.74, 6) is 0.463. The summed E-state index contributed by atoms with van der Waals surface area (Å²) in [6, 6.07) is 6.73. The van der Waals surface area contributed by atoms with E-state index in [1.807, 2.05) is 13.8 Å². The highest BCUT2D eigenvalue weighted by molar-refractivity contribution is 5.84. The lowest BCUT2D eigenvalue weighted by molar-refractivity contribution is -0.385. The van der Waals surface area contributed by atoms with E-state index in [9.17, 15) is 15.2 Å². The van der Waals surface area contributed by atoms with Crippen LogP contribution in [0.1, 0.15) is 29.2 Å². The van der Waals surface area contributed by atoms with Crippen molar-refractivity contribution >= 4 is 17.6 Å². The number of hydrogen-bond acceptors (Lipinski definition) is 5. The fraction of sp³-hybridized carbons (Fsp3) is 0.250. The van der Waals surface area contributed by atoms with Crippen molar-refractivity contribution < 1.29 is 14.8 Å². The van der Waals surface area contributed by atoms with Crippen LogP contribution in [-0.4, -0.2) is 22.9 Å². The molecule has 2 aromatic carbocycles. The van der Waals surface area contributed by atoms with Gasteiger partial charge in [-0.25, -0.2) is 0 Å². The van der Waals surface area contributed by atoms with Crippen LogP contribution in [0.5, 0.6) is 11.5 Å². The van der Waals surface area contributed by atoms with Gasteiger partial charge in [0.05, 0.1) is 17.2 Å². The zero-order chi connectivity index (χ0) is 19.3. The Morgan fingerprint density at radius 2 is 2.04 bits per heavy atom. The predicted octanol–water partition coefficient (Wildman–Crippen LogP) is 4.80. The van der Waals surface area contributed by atoms with E-state index in [1.165, 1.54) is 6.07 Å². The van der Waals surface area contributed by atoms with Crippen molar-refractivity contribution in [3.05, 3.63) is 69.3 Å². The molecule has 136 valence electrons. The van der Waals surface area contributed by atoms with Gasteiger partial charge in [0.25, 0.3) is 5.69 Å². The van der Waals surface area contributed by atoms with Crippen molar-refractivity contribution in [1.29, 1.82) is 0 Å². The largest absolute Gasteiger partial charge is 0.504 e. The van der Waals surface area contributed by atoms with Gasteiger partial charge in [0.1, 0.15) is 0 Å². The van der Waals surface area contributed by atoms with E-state index in [0.29, 0.717) is 35.6 Å². The van der Waals surface area contributed by atoms with Crippen LogP contribution in [0.2, 0.25) is 0 Å². The lowest BCUT2D eigenvalue weighted by Crippen LogP contribution is -1.97. The van der Waals surface area contributed by atoms with Crippen molar-refractivity contribution in [1.82, 2.24) is 0 Å². The molecular formula is C20H22N2O4. The molecule has 6 nitrogen and oxygen atoms in total. The second-order valence-electron chi connectivity index (χ2n) is 5.87. The Kier molecular flexibility index (Phi) is 6.11. The van der Waals surface area contributed by atoms with Crippen LogP contribution >= 0.6 is 0 Å². The third-order valence-corrected chi connectivity index (χ3v) is 4.02. The van der Waals surface area contributed by atoms with Crippen LogP contribution < -0.4 is 4.74 Å². The summed E-state index contributed by atoms with van der Waals surface area (Å²) in [7, 11) is 0. The third kappa shape index (κ3) is 4.27. The van der Waals surface area contributed by atoms with Gasteiger partial charge in [0.2, 0.25) is 0 Å². The molecule has 0 saturated heterocycles. The molecule has 2 aromatic rings. The maximum atomic E-state index is 11.2. The fourth-order valence-electron chi connectivity index (χ4n) is 2.58. The van der Waals surface area contributed by atoms with Crippen LogP contribution in [0.3, 0.4) is 0 Å². The molecule has 0 fully saturated rings.